The van der Waals surface area contributed by atoms with E-state index in [1.165, 1.54) is 11.1 Å². The lowest BCUT2D eigenvalue weighted by Crippen LogP contribution is -2.42. The number of guanidine groups is 1. The van der Waals surface area contributed by atoms with Gasteiger partial charge >= 0.3 is 0 Å². The number of aliphatic imine (C=N–C) groups is 1. The highest BCUT2D eigenvalue weighted by Crippen LogP contribution is 2.33. The topological polar surface area (TPSA) is 63.5 Å². The Morgan fingerprint density at radius 3 is 2.81 bits per heavy atom. The van der Waals surface area contributed by atoms with Crippen LogP contribution in [0.3, 0.4) is 0 Å². The van der Waals surface area contributed by atoms with Crippen molar-refractivity contribution < 1.29 is 4.74 Å². The van der Waals surface area contributed by atoms with E-state index < -0.39 is 0 Å². The zero-order valence-electron chi connectivity index (χ0n) is 16.1. The average Bonchev–Trinajstić information content (AvgIpc) is 3.19. The van der Waals surface area contributed by atoms with E-state index in [1.807, 2.05) is 16.9 Å². The van der Waals surface area contributed by atoms with E-state index in [-0.39, 0.29) is 30.1 Å². The monoisotopic (exact) mass is 483 g/mol. The highest BCUT2D eigenvalue weighted by molar-refractivity contribution is 14.0. The summed E-state index contributed by atoms with van der Waals surface area (Å²) in [5.41, 5.74) is 2.55. The number of benzene rings is 1. The minimum absolute atomic E-state index is 0. The molecule has 1 fully saturated rings. The normalized spacial score (nSPS) is 20.0. The lowest BCUT2D eigenvalue weighted by Gasteiger charge is -2.32. The van der Waals surface area contributed by atoms with Crippen LogP contribution in [0.25, 0.3) is 0 Å². The van der Waals surface area contributed by atoms with Crippen molar-refractivity contribution in [2.75, 3.05) is 26.7 Å². The molecule has 0 radical (unpaired) electrons. The molecular weight excluding hydrogens is 453 g/mol. The molecule has 27 heavy (non-hydrogen) atoms. The number of aromatic nitrogens is 2. The Labute approximate surface area is 178 Å². The third kappa shape index (κ3) is 6.49. The van der Waals surface area contributed by atoms with Crippen molar-refractivity contribution in [1.82, 2.24) is 20.4 Å². The van der Waals surface area contributed by atoms with E-state index in [9.17, 15) is 0 Å². The summed E-state index contributed by atoms with van der Waals surface area (Å²) in [5, 5.41) is 11.0. The van der Waals surface area contributed by atoms with E-state index in [2.05, 4.69) is 51.9 Å². The minimum atomic E-state index is 0. The molecule has 0 amide bonds. The zero-order valence-corrected chi connectivity index (χ0v) is 18.4. The highest BCUT2D eigenvalue weighted by Gasteiger charge is 2.27. The van der Waals surface area contributed by atoms with Gasteiger partial charge in [-0.25, -0.2) is 0 Å². The minimum Gasteiger partial charge on any atom is -0.373 e. The molecule has 7 heteroatoms. The maximum absolute atomic E-state index is 6.10. The number of ether oxygens (including phenoxy) is 1. The largest absolute Gasteiger partial charge is 0.373 e. The summed E-state index contributed by atoms with van der Waals surface area (Å²) in [4.78, 5) is 4.32. The van der Waals surface area contributed by atoms with E-state index >= 15 is 0 Å². The van der Waals surface area contributed by atoms with Crippen molar-refractivity contribution in [3.63, 3.8) is 0 Å². The van der Waals surface area contributed by atoms with Gasteiger partial charge in [0.25, 0.3) is 0 Å². The third-order valence-corrected chi connectivity index (χ3v) is 4.80. The zero-order chi connectivity index (χ0) is 18.2. The Balaban J connectivity index is 0.00000261. The van der Waals surface area contributed by atoms with Crippen LogP contribution in [0.2, 0.25) is 0 Å². The molecular formula is C20H30IN5O. The van der Waals surface area contributed by atoms with Crippen LogP contribution in [-0.2, 0) is 11.3 Å². The van der Waals surface area contributed by atoms with E-state index in [0.717, 1.165) is 45.0 Å². The SMILES string of the molecule is CN=C(NCCn1cccn1)NCC1CCCOC1c1ccc(C)cc1.I. The molecule has 1 aromatic carbocycles. The highest BCUT2D eigenvalue weighted by atomic mass is 127. The first kappa shape index (κ1) is 21.7. The van der Waals surface area contributed by atoms with Gasteiger partial charge in [0.1, 0.15) is 0 Å². The van der Waals surface area contributed by atoms with Gasteiger partial charge in [-0.3, -0.25) is 9.67 Å². The number of halogens is 1. The molecule has 148 valence electrons. The van der Waals surface area contributed by atoms with Crippen LogP contribution in [0.15, 0.2) is 47.7 Å². The molecule has 1 aliphatic heterocycles. The predicted octanol–water partition coefficient (Wildman–Crippen LogP) is 3.14. The van der Waals surface area contributed by atoms with Gasteiger partial charge in [0.05, 0.1) is 12.6 Å². The van der Waals surface area contributed by atoms with E-state index in [1.54, 1.807) is 13.2 Å². The maximum atomic E-state index is 6.10. The Morgan fingerprint density at radius 1 is 1.30 bits per heavy atom. The van der Waals surface area contributed by atoms with Gasteiger partial charge < -0.3 is 15.4 Å². The summed E-state index contributed by atoms with van der Waals surface area (Å²) in [6, 6.07) is 10.6. The molecule has 3 rings (SSSR count). The van der Waals surface area contributed by atoms with Crippen LogP contribution in [-0.4, -0.2) is 42.5 Å². The standard InChI is InChI=1S/C20H29N5O.HI/c1-16-6-8-17(9-7-16)19-18(5-3-14-26-19)15-23-20(21-2)22-11-13-25-12-4-10-24-25;/h4,6-10,12,18-19H,3,5,11,13-15H2,1-2H3,(H2,21,22,23);1H. The van der Waals surface area contributed by atoms with Crippen LogP contribution < -0.4 is 10.6 Å². The number of hydrogen-bond donors (Lipinski definition) is 2. The molecule has 1 saturated heterocycles. The van der Waals surface area contributed by atoms with Crippen LogP contribution in [0.1, 0.15) is 30.1 Å². The first-order chi connectivity index (χ1) is 12.8. The number of nitrogens with one attached hydrogen (secondary N) is 2. The molecule has 0 aliphatic carbocycles. The number of aryl methyl sites for hydroxylation is 1. The van der Waals surface area contributed by atoms with Gasteiger partial charge in [-0.1, -0.05) is 29.8 Å². The van der Waals surface area contributed by atoms with E-state index in [0.29, 0.717) is 5.92 Å². The van der Waals surface area contributed by atoms with Crippen LogP contribution in [0.4, 0.5) is 0 Å². The quantitative estimate of drug-likeness (QED) is 0.377. The smallest absolute Gasteiger partial charge is 0.191 e. The summed E-state index contributed by atoms with van der Waals surface area (Å²) in [7, 11) is 1.80. The molecule has 1 aromatic heterocycles. The number of rotatable bonds is 6. The Bertz CT molecular complexity index is 687. The number of nitrogens with zero attached hydrogens (tertiary/aromatic N) is 3. The summed E-state index contributed by atoms with van der Waals surface area (Å²) in [6.07, 6.45) is 6.18. The average molecular weight is 483 g/mol. The van der Waals surface area contributed by atoms with Crippen molar-refractivity contribution in [1.29, 1.82) is 0 Å². The molecule has 2 heterocycles. The summed E-state index contributed by atoms with van der Waals surface area (Å²) < 4.78 is 8.01. The molecule has 2 atom stereocenters. The second kappa shape index (κ2) is 11.3. The van der Waals surface area contributed by atoms with Crippen LogP contribution >= 0.6 is 24.0 Å². The molecule has 2 aromatic rings. The van der Waals surface area contributed by atoms with Crippen molar-refractivity contribution in [3.05, 3.63) is 53.9 Å². The Morgan fingerprint density at radius 2 is 2.11 bits per heavy atom. The van der Waals surface area contributed by atoms with Gasteiger partial charge in [0.15, 0.2) is 5.96 Å². The van der Waals surface area contributed by atoms with Gasteiger partial charge in [-0.05, 0) is 31.4 Å². The summed E-state index contributed by atoms with van der Waals surface area (Å²) in [6.45, 7) is 5.39. The second-order valence-corrected chi connectivity index (χ2v) is 6.75. The first-order valence-electron chi connectivity index (χ1n) is 9.36. The van der Waals surface area contributed by atoms with Crippen molar-refractivity contribution >= 4 is 29.9 Å². The van der Waals surface area contributed by atoms with Gasteiger partial charge in [0.2, 0.25) is 0 Å². The molecule has 2 N–H and O–H groups in total. The fourth-order valence-corrected chi connectivity index (χ4v) is 3.35. The van der Waals surface area contributed by atoms with Gasteiger partial charge in [-0.2, -0.15) is 5.10 Å². The fourth-order valence-electron chi connectivity index (χ4n) is 3.35. The lowest BCUT2D eigenvalue weighted by molar-refractivity contribution is -0.0265. The van der Waals surface area contributed by atoms with Crippen molar-refractivity contribution in [2.24, 2.45) is 10.9 Å². The Hall–Kier alpha value is -1.61. The molecule has 2 unspecified atom stereocenters. The Kier molecular flexibility index (Phi) is 9.06. The summed E-state index contributed by atoms with van der Waals surface area (Å²) in [5.74, 6) is 1.27. The van der Waals surface area contributed by atoms with Crippen molar-refractivity contribution in [3.8, 4) is 0 Å². The summed E-state index contributed by atoms with van der Waals surface area (Å²) >= 11 is 0. The van der Waals surface area contributed by atoms with Gasteiger partial charge in [0, 0.05) is 45.1 Å². The van der Waals surface area contributed by atoms with Gasteiger partial charge in [-0.15, -0.1) is 24.0 Å². The first-order valence-corrected chi connectivity index (χ1v) is 9.36. The lowest BCUT2D eigenvalue weighted by atomic mass is 9.89. The molecule has 0 saturated carbocycles. The predicted molar refractivity (Wildman–Crippen MR) is 120 cm³/mol. The maximum Gasteiger partial charge on any atom is 0.191 e. The van der Waals surface area contributed by atoms with E-state index in [4.69, 9.17) is 4.74 Å². The van der Waals surface area contributed by atoms with Crippen LogP contribution in [0, 0.1) is 12.8 Å². The molecule has 0 spiro atoms. The molecule has 0 bridgehead atoms. The molecule has 6 nitrogen and oxygen atoms in total. The molecule has 1 aliphatic rings. The fraction of sp³-hybridized carbons (Fsp3) is 0.500. The van der Waals surface area contributed by atoms with Crippen LogP contribution in [0.5, 0.6) is 0 Å². The number of hydrogen-bond acceptors (Lipinski definition) is 3. The third-order valence-electron chi connectivity index (χ3n) is 4.80. The van der Waals surface area contributed by atoms with Crippen molar-refractivity contribution in [2.45, 2.75) is 32.4 Å². The second-order valence-electron chi connectivity index (χ2n) is 6.75.